The van der Waals surface area contributed by atoms with E-state index < -0.39 is 15.1 Å². The van der Waals surface area contributed by atoms with Crippen LogP contribution in [0.3, 0.4) is 0 Å². The Morgan fingerprint density at radius 3 is 1.31 bits per heavy atom. The SMILES string of the molecule is CC(C[C@H](C)P(c1ccccc1)c1ccccc1)P(=O)(c1ccccc1)c1ccccc1. The maximum atomic E-state index is 14.8. The van der Waals surface area contributed by atoms with Crippen LogP contribution in [0.5, 0.6) is 0 Å². The van der Waals surface area contributed by atoms with E-state index in [1.807, 2.05) is 60.7 Å². The summed E-state index contributed by atoms with van der Waals surface area (Å²) in [4.78, 5) is 0. The molecule has 0 aliphatic carbocycles. The predicted molar refractivity (Wildman–Crippen MR) is 142 cm³/mol. The Kier molecular flexibility index (Phi) is 7.41. The van der Waals surface area contributed by atoms with Crippen LogP contribution in [0.25, 0.3) is 0 Å². The second-order valence-corrected chi connectivity index (χ2v) is 14.2. The minimum absolute atomic E-state index is 0.0414. The van der Waals surface area contributed by atoms with E-state index >= 15 is 0 Å². The number of hydrogen-bond donors (Lipinski definition) is 0. The fourth-order valence-electron chi connectivity index (χ4n) is 4.54. The van der Waals surface area contributed by atoms with Crippen LogP contribution in [0.4, 0.5) is 0 Å². The van der Waals surface area contributed by atoms with Crippen LogP contribution in [-0.4, -0.2) is 11.3 Å². The summed E-state index contributed by atoms with van der Waals surface area (Å²) in [6.45, 7) is 4.52. The Morgan fingerprint density at radius 1 is 0.594 bits per heavy atom. The van der Waals surface area contributed by atoms with Gasteiger partial charge in [-0.2, -0.15) is 0 Å². The molecular formula is C29H30OP2. The third-order valence-electron chi connectivity index (χ3n) is 6.09. The van der Waals surface area contributed by atoms with Crippen molar-refractivity contribution in [2.75, 3.05) is 0 Å². The van der Waals surface area contributed by atoms with Crippen LogP contribution >= 0.6 is 15.1 Å². The normalized spacial score (nSPS) is 13.6. The third-order valence-corrected chi connectivity index (χ3v) is 12.5. The first-order valence-electron chi connectivity index (χ1n) is 11.2. The second-order valence-electron chi connectivity index (χ2n) is 8.30. The van der Waals surface area contributed by atoms with Crippen LogP contribution in [0, 0.1) is 0 Å². The maximum absolute atomic E-state index is 14.8. The summed E-state index contributed by atoms with van der Waals surface area (Å²) in [6.07, 6.45) is 0.899. The fraction of sp³-hybridized carbons (Fsp3) is 0.172. The van der Waals surface area contributed by atoms with Crippen LogP contribution in [0.15, 0.2) is 121 Å². The molecule has 0 bridgehead atoms. The molecule has 4 rings (SSSR count). The van der Waals surface area contributed by atoms with Crippen LogP contribution < -0.4 is 21.2 Å². The summed E-state index contributed by atoms with van der Waals surface area (Å²) in [5, 5.41) is 4.66. The van der Waals surface area contributed by atoms with E-state index in [0.717, 1.165) is 17.0 Å². The van der Waals surface area contributed by atoms with Crippen molar-refractivity contribution in [3.05, 3.63) is 121 Å². The molecule has 4 aromatic rings. The third kappa shape index (κ3) is 4.80. The summed E-state index contributed by atoms with van der Waals surface area (Å²) in [5.41, 5.74) is 0.435. The zero-order chi connectivity index (χ0) is 22.4. The van der Waals surface area contributed by atoms with Gasteiger partial charge in [0.1, 0.15) is 7.14 Å². The number of rotatable bonds is 8. The van der Waals surface area contributed by atoms with Gasteiger partial charge in [0.15, 0.2) is 0 Å². The highest BCUT2D eigenvalue weighted by atomic mass is 31.2. The molecule has 4 aromatic carbocycles. The first-order valence-corrected chi connectivity index (χ1v) is 14.4. The molecule has 0 aromatic heterocycles. The molecule has 0 saturated heterocycles. The Hall–Kier alpha value is -2.46. The lowest BCUT2D eigenvalue weighted by molar-refractivity contribution is 0.575. The number of benzene rings is 4. The topological polar surface area (TPSA) is 17.1 Å². The lowest BCUT2D eigenvalue weighted by atomic mass is 10.3. The molecule has 162 valence electrons. The summed E-state index contributed by atoms with van der Waals surface area (Å²) in [5.74, 6) is 0. The summed E-state index contributed by atoms with van der Waals surface area (Å²) >= 11 is 0. The van der Waals surface area contributed by atoms with Crippen molar-refractivity contribution in [2.24, 2.45) is 0 Å². The van der Waals surface area contributed by atoms with E-state index in [2.05, 4.69) is 74.5 Å². The molecule has 0 spiro atoms. The molecule has 3 heteroatoms. The van der Waals surface area contributed by atoms with E-state index in [0.29, 0.717) is 5.66 Å². The minimum atomic E-state index is -2.78. The molecule has 2 atom stereocenters. The summed E-state index contributed by atoms with van der Waals surface area (Å²) in [6, 6.07) is 41.8. The molecular weight excluding hydrogens is 426 g/mol. The molecule has 0 heterocycles. The fourth-order valence-corrected chi connectivity index (χ4v) is 10.7. The maximum Gasteiger partial charge on any atom is 0.145 e. The Balaban J connectivity index is 1.71. The lowest BCUT2D eigenvalue weighted by Crippen LogP contribution is -2.28. The molecule has 0 aliphatic rings. The van der Waals surface area contributed by atoms with Gasteiger partial charge in [0, 0.05) is 16.3 Å². The van der Waals surface area contributed by atoms with Crippen molar-refractivity contribution in [1.29, 1.82) is 0 Å². The summed E-state index contributed by atoms with van der Waals surface area (Å²) in [7, 11) is -3.33. The highest BCUT2D eigenvalue weighted by Crippen LogP contribution is 2.53. The molecule has 0 N–H and O–H groups in total. The van der Waals surface area contributed by atoms with E-state index in [-0.39, 0.29) is 5.66 Å². The largest absolute Gasteiger partial charge is 0.313 e. The quantitative estimate of drug-likeness (QED) is 0.284. The molecule has 0 aliphatic heterocycles. The van der Waals surface area contributed by atoms with Crippen LogP contribution in [0.2, 0.25) is 0 Å². The first kappa shape index (κ1) is 22.7. The molecule has 0 radical (unpaired) electrons. The molecule has 0 amide bonds. The zero-order valence-electron chi connectivity index (χ0n) is 18.7. The first-order chi connectivity index (χ1) is 15.6. The van der Waals surface area contributed by atoms with Crippen molar-refractivity contribution in [3.63, 3.8) is 0 Å². The summed E-state index contributed by atoms with van der Waals surface area (Å²) < 4.78 is 14.8. The Bertz CT molecular complexity index is 1060. The van der Waals surface area contributed by atoms with Crippen molar-refractivity contribution in [3.8, 4) is 0 Å². The number of hydrogen-bond acceptors (Lipinski definition) is 1. The minimum Gasteiger partial charge on any atom is -0.313 e. The average Bonchev–Trinajstić information content (AvgIpc) is 2.86. The highest BCUT2D eigenvalue weighted by molar-refractivity contribution is 7.79. The van der Waals surface area contributed by atoms with Gasteiger partial charge in [0.2, 0.25) is 0 Å². The Morgan fingerprint density at radius 2 is 0.938 bits per heavy atom. The van der Waals surface area contributed by atoms with Crippen LogP contribution in [0.1, 0.15) is 20.3 Å². The van der Waals surface area contributed by atoms with Crippen molar-refractivity contribution in [1.82, 2.24) is 0 Å². The van der Waals surface area contributed by atoms with Gasteiger partial charge in [-0.1, -0.05) is 135 Å². The second kappa shape index (κ2) is 10.4. The highest BCUT2D eigenvalue weighted by Gasteiger charge is 2.36. The van der Waals surface area contributed by atoms with Gasteiger partial charge in [-0.05, 0) is 30.6 Å². The molecule has 32 heavy (non-hydrogen) atoms. The van der Waals surface area contributed by atoms with Gasteiger partial charge in [-0.25, -0.2) is 0 Å². The van der Waals surface area contributed by atoms with Crippen molar-refractivity contribution >= 4 is 36.3 Å². The van der Waals surface area contributed by atoms with E-state index in [1.54, 1.807) is 0 Å². The van der Waals surface area contributed by atoms with E-state index in [4.69, 9.17) is 0 Å². The van der Waals surface area contributed by atoms with Gasteiger partial charge in [-0.15, -0.1) is 0 Å². The lowest BCUT2D eigenvalue weighted by Gasteiger charge is -2.32. The molecule has 1 nitrogen and oxygen atoms in total. The van der Waals surface area contributed by atoms with E-state index in [1.165, 1.54) is 10.6 Å². The average molecular weight is 457 g/mol. The van der Waals surface area contributed by atoms with Crippen molar-refractivity contribution < 1.29 is 4.57 Å². The van der Waals surface area contributed by atoms with Crippen molar-refractivity contribution in [2.45, 2.75) is 31.6 Å². The van der Waals surface area contributed by atoms with E-state index in [9.17, 15) is 4.57 Å². The predicted octanol–water partition coefficient (Wildman–Crippen LogP) is 6.30. The van der Waals surface area contributed by atoms with Gasteiger partial charge >= 0.3 is 0 Å². The van der Waals surface area contributed by atoms with Crippen LogP contribution in [-0.2, 0) is 4.57 Å². The Labute approximate surface area is 193 Å². The standard InChI is InChI=1S/C29H30OP2/c1-24(31(26-15-7-3-8-16-26)27-17-9-4-10-18-27)23-25(2)32(30,28-19-11-5-12-20-28)29-21-13-6-14-22-29/h3-22,24-25H,23H2,1-2H3/t24-,25?/m0/s1. The molecule has 0 fully saturated rings. The van der Waals surface area contributed by atoms with Gasteiger partial charge in [0.25, 0.3) is 0 Å². The molecule has 0 saturated carbocycles. The molecule has 1 unspecified atom stereocenters. The van der Waals surface area contributed by atoms with Gasteiger partial charge < -0.3 is 4.57 Å². The zero-order valence-corrected chi connectivity index (χ0v) is 20.5. The smallest absolute Gasteiger partial charge is 0.145 e. The van der Waals surface area contributed by atoms with Gasteiger partial charge in [-0.3, -0.25) is 0 Å². The monoisotopic (exact) mass is 456 g/mol. The van der Waals surface area contributed by atoms with Gasteiger partial charge in [0.05, 0.1) is 0 Å².